The summed E-state index contributed by atoms with van der Waals surface area (Å²) >= 11 is 0. The molecule has 0 unspecified atom stereocenters. The van der Waals surface area contributed by atoms with Crippen LogP contribution in [0, 0.1) is 18.3 Å². The first kappa shape index (κ1) is 46.0. The van der Waals surface area contributed by atoms with Crippen molar-refractivity contribution in [3.63, 3.8) is 0 Å². The van der Waals surface area contributed by atoms with E-state index in [-0.39, 0.29) is 31.4 Å². The number of benzene rings is 4. The van der Waals surface area contributed by atoms with Crippen molar-refractivity contribution < 1.29 is 38.1 Å². The van der Waals surface area contributed by atoms with Crippen LogP contribution in [0.15, 0.2) is 120 Å². The Morgan fingerprint density at radius 1 is 0.903 bits per heavy atom. The number of nitrogens with zero attached hydrogens (tertiary/aromatic N) is 4. The van der Waals surface area contributed by atoms with Crippen LogP contribution in [0.5, 0.6) is 11.5 Å². The Morgan fingerprint density at radius 2 is 1.44 bits per heavy atom. The summed E-state index contributed by atoms with van der Waals surface area (Å²) in [7, 11) is -2.16. The van der Waals surface area contributed by atoms with Gasteiger partial charge in [-0.25, -0.2) is 0 Å². The van der Waals surface area contributed by atoms with Crippen molar-refractivity contribution in [2.24, 2.45) is 0 Å². The first-order valence-corrected chi connectivity index (χ1v) is 22.8. The quantitative estimate of drug-likeness (QED) is 0.0578. The predicted molar refractivity (Wildman–Crippen MR) is 238 cm³/mol. The van der Waals surface area contributed by atoms with E-state index in [0.29, 0.717) is 22.6 Å². The molecule has 0 aliphatic carbocycles. The molecule has 0 radical (unpaired) electrons. The fraction of sp³-hybridized carbons (Fsp3) is 0.362. The third kappa shape index (κ3) is 9.75. The van der Waals surface area contributed by atoms with Crippen molar-refractivity contribution in [3.8, 4) is 17.6 Å². The van der Waals surface area contributed by atoms with Gasteiger partial charge in [0.05, 0.1) is 0 Å². The summed E-state index contributed by atoms with van der Waals surface area (Å²) < 4.78 is 34.5. The maximum absolute atomic E-state index is 13.9. The Balaban J connectivity index is 1.45. The van der Waals surface area contributed by atoms with Crippen LogP contribution in [-0.2, 0) is 19.6 Å². The Hall–Kier alpha value is -5.49. The van der Waals surface area contributed by atoms with Crippen LogP contribution in [0.3, 0.4) is 0 Å². The molecule has 1 aliphatic rings. The predicted octanol–water partition coefficient (Wildman–Crippen LogP) is 7.73. The summed E-state index contributed by atoms with van der Waals surface area (Å²) in [6.07, 6.45) is -2.11. The molecule has 0 spiro atoms. The van der Waals surface area contributed by atoms with E-state index in [0.717, 1.165) is 16.7 Å². The zero-order valence-corrected chi connectivity index (χ0v) is 37.1. The van der Waals surface area contributed by atoms with Gasteiger partial charge in [0.25, 0.3) is 0 Å². The number of rotatable bonds is 18. The molecule has 4 aromatic carbocycles. The normalized spacial score (nSPS) is 17.4. The van der Waals surface area contributed by atoms with Gasteiger partial charge in [0.1, 0.15) is 0 Å². The van der Waals surface area contributed by atoms with Gasteiger partial charge in [0.2, 0.25) is 0 Å². The number of ether oxygens (including phenoxy) is 4. The van der Waals surface area contributed by atoms with E-state index < -0.39 is 55.2 Å². The number of hydrogen-bond acceptors (Lipinski definition) is 12. The van der Waals surface area contributed by atoms with Gasteiger partial charge in [0.15, 0.2) is 0 Å². The molecule has 6 rings (SSSR count). The van der Waals surface area contributed by atoms with Crippen molar-refractivity contribution >= 4 is 19.2 Å². The van der Waals surface area contributed by atoms with Crippen LogP contribution in [0.25, 0.3) is 0 Å². The number of anilines is 1. The maximum atomic E-state index is 13.9. The topological polar surface area (TPSA) is 178 Å². The number of methoxy groups -OCH3 is 2. The van der Waals surface area contributed by atoms with E-state index in [2.05, 4.69) is 16.4 Å². The molecule has 15 heteroatoms. The zero-order chi connectivity index (χ0) is 44.7. The third-order valence-electron chi connectivity index (χ3n) is 11.0. The Labute approximate surface area is 362 Å². The molecule has 1 aliphatic heterocycles. The van der Waals surface area contributed by atoms with Crippen LogP contribution in [-0.4, -0.2) is 81.2 Å². The number of nitrogens with one attached hydrogen (secondary N) is 1. The number of amides is 1. The summed E-state index contributed by atoms with van der Waals surface area (Å²) in [6.45, 7) is 8.88. The molecule has 1 fully saturated rings. The number of carbonyl (C=O) groups is 1. The van der Waals surface area contributed by atoms with Crippen LogP contribution in [0.4, 0.5) is 5.82 Å². The van der Waals surface area contributed by atoms with Crippen LogP contribution in [0.2, 0.25) is 0 Å². The molecule has 5 aromatic rings. The molecule has 1 aromatic heterocycles. The fourth-order valence-electron chi connectivity index (χ4n) is 8.35. The fourth-order valence-corrected chi connectivity index (χ4v) is 11.9. The minimum absolute atomic E-state index is 0.0240. The molecule has 328 valence electrons. The second kappa shape index (κ2) is 19.3. The Kier molecular flexibility index (Phi) is 14.3. The van der Waals surface area contributed by atoms with Gasteiger partial charge in [0, 0.05) is 0 Å². The number of carbonyl (C=O) groups excluding carboxylic acids is 1. The van der Waals surface area contributed by atoms with Crippen molar-refractivity contribution in [1.29, 1.82) is 5.26 Å². The summed E-state index contributed by atoms with van der Waals surface area (Å²) in [4.78, 5) is 56.3. The average Bonchev–Trinajstić information content (AvgIpc) is 3.65. The van der Waals surface area contributed by atoms with Crippen LogP contribution >= 0.6 is 7.43 Å². The molecule has 14 nitrogen and oxygen atoms in total. The second-order valence-corrected chi connectivity index (χ2v) is 19.1. The van der Waals surface area contributed by atoms with E-state index in [1.807, 2.05) is 107 Å². The Morgan fingerprint density at radius 3 is 1.95 bits per heavy atom. The van der Waals surface area contributed by atoms with Gasteiger partial charge in [-0.3, -0.25) is 0 Å². The minimum atomic E-state index is -5.35. The van der Waals surface area contributed by atoms with Gasteiger partial charge < -0.3 is 0 Å². The molecule has 1 amide bonds. The number of hydrogen-bond donors (Lipinski definition) is 3. The molecule has 1 saturated heterocycles. The van der Waals surface area contributed by atoms with E-state index in [9.17, 15) is 24.6 Å². The molecule has 3 N–H and O–H groups in total. The van der Waals surface area contributed by atoms with E-state index in [1.165, 1.54) is 4.57 Å². The SMILES string of the molecule is COc1ccc(C(OC[C@H]2O[C@@H](n3cc(C)c(NC(=O)c4ccccc4)nc3=O)C[C@@H]2OP(O)(O)(CCC#N)N(C(C)C)C(C)C)(c2ccccc2)c2ccc(OC)cc2)cc1. The van der Waals surface area contributed by atoms with Crippen molar-refractivity contribution in [2.45, 2.75) is 83.6 Å². The molecule has 2 heterocycles. The Bertz CT molecular complexity index is 2330. The first-order chi connectivity index (χ1) is 29.6. The summed E-state index contributed by atoms with van der Waals surface area (Å²) in [5.41, 5.74) is 1.21. The average molecular weight is 866 g/mol. The molecule has 3 atom stereocenters. The van der Waals surface area contributed by atoms with Crippen LogP contribution < -0.4 is 20.5 Å². The number of aromatic nitrogens is 2. The van der Waals surface area contributed by atoms with E-state index >= 15 is 0 Å². The van der Waals surface area contributed by atoms with Crippen molar-refractivity contribution in [1.82, 2.24) is 14.2 Å². The van der Waals surface area contributed by atoms with Gasteiger partial charge in [-0.05, 0) is 0 Å². The van der Waals surface area contributed by atoms with Gasteiger partial charge in [-0.1, -0.05) is 18.2 Å². The number of aryl methyl sites for hydroxylation is 1. The molecule has 0 bridgehead atoms. The summed E-state index contributed by atoms with van der Waals surface area (Å²) in [5, 5.41) is 12.4. The van der Waals surface area contributed by atoms with Gasteiger partial charge in [-0.2, -0.15) is 0 Å². The van der Waals surface area contributed by atoms with Gasteiger partial charge >= 0.3 is 346 Å². The van der Waals surface area contributed by atoms with E-state index in [1.54, 1.807) is 62.3 Å². The molecular weight excluding hydrogens is 810 g/mol. The number of nitriles is 1. The van der Waals surface area contributed by atoms with Crippen molar-refractivity contribution in [3.05, 3.63) is 154 Å². The summed E-state index contributed by atoms with van der Waals surface area (Å²) in [6, 6.07) is 34.7. The van der Waals surface area contributed by atoms with Gasteiger partial charge in [-0.15, -0.1) is 0 Å². The first-order valence-electron chi connectivity index (χ1n) is 20.6. The van der Waals surface area contributed by atoms with E-state index in [4.69, 9.17) is 23.5 Å². The standard InChI is InChI=1S/C47H56N5O9P/c1-32(2)52(33(3)4)62(55,56,28-14-27-48)61-41-29-43(51-30-34(5)44(50-46(51)54)49-45(53)35-15-10-8-11-16-35)60-42(41)31-59-47(36-17-12-9-13-18-36,37-19-23-39(57-6)24-20-37)38-21-25-40(58-7)26-22-38/h8-13,15-26,30,32-33,41-43,55-56H,14,28-29,31H2,1-7H3,(H,49,50,53,54)/t41-,42+,43+/m0/s1. The van der Waals surface area contributed by atoms with Crippen molar-refractivity contribution in [2.75, 3.05) is 32.3 Å². The monoisotopic (exact) mass is 865 g/mol. The molecule has 62 heavy (non-hydrogen) atoms. The second-order valence-electron chi connectivity index (χ2n) is 15.9. The van der Waals surface area contributed by atoms with Crippen LogP contribution in [0.1, 0.15) is 79.4 Å². The summed E-state index contributed by atoms with van der Waals surface area (Å²) in [5.74, 6) is 0.964. The molecular formula is C47H56N5O9P. The zero-order valence-electron chi connectivity index (χ0n) is 36.2. The third-order valence-corrected chi connectivity index (χ3v) is 14.6. The molecule has 0 saturated carbocycles.